The number of nitrogens with zero attached hydrogens (tertiary/aromatic N) is 4. The summed E-state index contributed by atoms with van der Waals surface area (Å²) in [4.78, 5) is 25.1. The molecule has 33 heavy (non-hydrogen) atoms. The Hall–Kier alpha value is -3.14. The maximum Gasteiger partial charge on any atom is 0.417 e. The normalized spacial score (nSPS) is 14.8. The zero-order chi connectivity index (χ0) is 23.4. The van der Waals surface area contributed by atoms with Crippen molar-refractivity contribution in [1.29, 1.82) is 0 Å². The first-order chi connectivity index (χ1) is 15.8. The molecule has 174 valence electrons. The van der Waals surface area contributed by atoms with E-state index < -0.39 is 11.7 Å². The van der Waals surface area contributed by atoms with Crippen molar-refractivity contribution in [2.75, 3.05) is 31.1 Å². The molecule has 10 heteroatoms. The lowest BCUT2D eigenvalue weighted by Gasteiger charge is -2.23. The quantitative estimate of drug-likeness (QED) is 0.530. The van der Waals surface area contributed by atoms with Gasteiger partial charge in [0.25, 0.3) is 5.91 Å². The second kappa shape index (κ2) is 9.78. The van der Waals surface area contributed by atoms with Crippen molar-refractivity contribution in [3.63, 3.8) is 0 Å². The average Bonchev–Trinajstić information content (AvgIpc) is 3.07. The summed E-state index contributed by atoms with van der Waals surface area (Å²) in [5, 5.41) is 2.91. The third kappa shape index (κ3) is 5.81. The van der Waals surface area contributed by atoms with Crippen LogP contribution in [0.2, 0.25) is 0 Å². The Labute approximate surface area is 193 Å². The highest BCUT2D eigenvalue weighted by atomic mass is 32.1. The number of carbonyl (C=O) groups is 1. The van der Waals surface area contributed by atoms with E-state index >= 15 is 0 Å². The van der Waals surface area contributed by atoms with E-state index in [9.17, 15) is 18.0 Å². The number of thiazole rings is 1. The Morgan fingerprint density at radius 3 is 2.70 bits per heavy atom. The van der Waals surface area contributed by atoms with E-state index in [1.807, 2.05) is 17.2 Å². The van der Waals surface area contributed by atoms with Crippen LogP contribution in [0.5, 0.6) is 5.75 Å². The Morgan fingerprint density at radius 2 is 2.00 bits per heavy atom. The maximum absolute atomic E-state index is 13.1. The molecule has 1 aliphatic rings. The summed E-state index contributed by atoms with van der Waals surface area (Å²) < 4.78 is 44.1. The zero-order valence-electron chi connectivity index (χ0n) is 18.0. The first-order valence-corrected chi connectivity index (χ1v) is 11.4. The van der Waals surface area contributed by atoms with Gasteiger partial charge in [-0.3, -0.25) is 4.79 Å². The predicted octanol–water partition coefficient (Wildman–Crippen LogP) is 4.80. The number of hydrogen-bond donors (Lipinski definition) is 0. The number of alkyl halides is 3. The first kappa shape index (κ1) is 23.0. The monoisotopic (exact) mass is 476 g/mol. The van der Waals surface area contributed by atoms with Gasteiger partial charge in [0, 0.05) is 43.3 Å². The van der Waals surface area contributed by atoms with Crippen LogP contribution in [0.25, 0.3) is 0 Å². The van der Waals surface area contributed by atoms with Crippen LogP contribution in [0.4, 0.5) is 19.0 Å². The number of rotatable bonds is 5. The Kier molecular flexibility index (Phi) is 6.83. The van der Waals surface area contributed by atoms with Crippen LogP contribution >= 0.6 is 11.3 Å². The number of benzene rings is 1. The fourth-order valence-electron chi connectivity index (χ4n) is 3.62. The number of carbonyl (C=O) groups excluding carboxylic acids is 1. The first-order valence-electron chi connectivity index (χ1n) is 10.5. The molecular formula is C23H23F3N4O2S. The Balaban J connectivity index is 1.37. The van der Waals surface area contributed by atoms with Crippen molar-refractivity contribution in [2.24, 2.45) is 0 Å². The highest BCUT2D eigenvalue weighted by Gasteiger charge is 2.31. The molecule has 3 aromatic rings. The van der Waals surface area contributed by atoms with Gasteiger partial charge in [0.15, 0.2) is 0 Å². The summed E-state index contributed by atoms with van der Waals surface area (Å²) in [5.41, 5.74) is 0.603. The molecule has 6 nitrogen and oxygen atoms in total. The fourth-order valence-corrected chi connectivity index (χ4v) is 4.22. The summed E-state index contributed by atoms with van der Waals surface area (Å²) in [5.74, 6) is 0.967. The molecule has 1 amide bonds. The highest BCUT2D eigenvalue weighted by molar-refractivity contribution is 7.09. The zero-order valence-corrected chi connectivity index (χ0v) is 18.8. The van der Waals surface area contributed by atoms with Gasteiger partial charge in [-0.15, -0.1) is 11.3 Å². The molecule has 1 fully saturated rings. The van der Waals surface area contributed by atoms with Gasteiger partial charge in [-0.2, -0.15) is 13.2 Å². The lowest BCUT2D eigenvalue weighted by atomic mass is 10.2. The number of hydrogen-bond acceptors (Lipinski definition) is 6. The number of amides is 1. The fraction of sp³-hybridized carbons (Fsp3) is 0.348. The minimum Gasteiger partial charge on any atom is -0.487 e. The molecule has 4 rings (SSSR count). The van der Waals surface area contributed by atoms with Gasteiger partial charge < -0.3 is 14.5 Å². The van der Waals surface area contributed by atoms with Gasteiger partial charge in [-0.05, 0) is 43.7 Å². The molecule has 0 N–H and O–H groups in total. The van der Waals surface area contributed by atoms with Crippen LogP contribution in [-0.2, 0) is 12.8 Å². The minimum absolute atomic E-state index is 0.104. The molecule has 2 aromatic heterocycles. The molecular weight excluding hydrogens is 453 g/mol. The number of anilines is 1. The minimum atomic E-state index is -4.41. The second-order valence-electron chi connectivity index (χ2n) is 7.71. The number of ether oxygens (including phenoxy) is 1. The second-order valence-corrected chi connectivity index (χ2v) is 8.77. The van der Waals surface area contributed by atoms with Crippen LogP contribution < -0.4 is 9.64 Å². The number of halogens is 3. The molecule has 0 atom stereocenters. The van der Waals surface area contributed by atoms with E-state index in [0.29, 0.717) is 56.3 Å². The number of pyridine rings is 1. The van der Waals surface area contributed by atoms with Crippen LogP contribution in [0, 0.1) is 6.92 Å². The summed E-state index contributed by atoms with van der Waals surface area (Å²) in [7, 11) is 0. The molecule has 0 bridgehead atoms. The summed E-state index contributed by atoms with van der Waals surface area (Å²) in [6, 6.07) is 9.48. The summed E-state index contributed by atoms with van der Waals surface area (Å²) >= 11 is 1.56. The van der Waals surface area contributed by atoms with Crippen LogP contribution in [0.1, 0.15) is 33.0 Å². The third-order valence-electron chi connectivity index (χ3n) is 5.32. The standard InChI is InChI=1S/C23H23F3N4O2S/c1-16-28-19(15-33-16)14-32-20-5-2-4-17(12-20)22(31)30-9-3-8-29(10-11-30)21-7-6-18(13-27-21)23(24,25)26/h2,4-7,12-13,15H,3,8-11,14H2,1H3. The Morgan fingerprint density at radius 1 is 1.15 bits per heavy atom. The Bertz CT molecular complexity index is 1100. The predicted molar refractivity (Wildman–Crippen MR) is 120 cm³/mol. The van der Waals surface area contributed by atoms with Gasteiger partial charge in [-0.25, -0.2) is 9.97 Å². The van der Waals surface area contributed by atoms with Crippen molar-refractivity contribution in [3.8, 4) is 5.75 Å². The van der Waals surface area contributed by atoms with E-state index in [2.05, 4.69) is 9.97 Å². The van der Waals surface area contributed by atoms with Gasteiger partial charge in [0.2, 0.25) is 0 Å². The number of aromatic nitrogens is 2. The van der Waals surface area contributed by atoms with Crippen LogP contribution in [0.15, 0.2) is 48.0 Å². The van der Waals surface area contributed by atoms with Gasteiger partial charge in [-0.1, -0.05) is 6.07 Å². The van der Waals surface area contributed by atoms with Crippen molar-refractivity contribution < 1.29 is 22.7 Å². The molecule has 0 spiro atoms. The van der Waals surface area contributed by atoms with E-state index in [-0.39, 0.29) is 5.91 Å². The summed E-state index contributed by atoms with van der Waals surface area (Å²) in [6.45, 7) is 4.37. The van der Waals surface area contributed by atoms with Gasteiger partial charge in [0.05, 0.1) is 16.3 Å². The third-order valence-corrected chi connectivity index (χ3v) is 6.14. The van der Waals surface area contributed by atoms with Gasteiger partial charge in [0.1, 0.15) is 18.2 Å². The smallest absolute Gasteiger partial charge is 0.417 e. The molecule has 0 radical (unpaired) electrons. The van der Waals surface area contributed by atoms with Crippen LogP contribution in [0.3, 0.4) is 0 Å². The molecule has 1 aliphatic heterocycles. The summed E-state index contributed by atoms with van der Waals surface area (Å²) in [6.07, 6.45) is -2.87. The largest absolute Gasteiger partial charge is 0.487 e. The van der Waals surface area contributed by atoms with Crippen molar-refractivity contribution >= 4 is 23.1 Å². The lowest BCUT2D eigenvalue weighted by molar-refractivity contribution is -0.137. The molecule has 0 saturated carbocycles. The average molecular weight is 477 g/mol. The topological polar surface area (TPSA) is 58.6 Å². The van der Waals surface area contributed by atoms with Crippen molar-refractivity contribution in [2.45, 2.75) is 26.1 Å². The molecule has 1 saturated heterocycles. The van der Waals surface area contributed by atoms with Crippen molar-refractivity contribution in [3.05, 3.63) is 69.8 Å². The van der Waals surface area contributed by atoms with Crippen molar-refractivity contribution in [1.82, 2.24) is 14.9 Å². The number of aryl methyl sites for hydroxylation is 1. The maximum atomic E-state index is 13.1. The highest BCUT2D eigenvalue weighted by Crippen LogP contribution is 2.29. The molecule has 0 aliphatic carbocycles. The van der Waals surface area contributed by atoms with Crippen LogP contribution in [-0.4, -0.2) is 47.0 Å². The van der Waals surface area contributed by atoms with E-state index in [1.54, 1.807) is 40.5 Å². The van der Waals surface area contributed by atoms with E-state index in [1.165, 1.54) is 6.07 Å². The van der Waals surface area contributed by atoms with Gasteiger partial charge >= 0.3 is 6.18 Å². The van der Waals surface area contributed by atoms with E-state index in [0.717, 1.165) is 23.0 Å². The lowest BCUT2D eigenvalue weighted by Crippen LogP contribution is -2.35. The molecule has 0 unspecified atom stereocenters. The SMILES string of the molecule is Cc1nc(COc2cccc(C(=O)N3CCCN(c4ccc(C(F)(F)F)cn4)CC3)c2)cs1. The van der Waals surface area contributed by atoms with E-state index in [4.69, 9.17) is 4.74 Å². The molecule has 1 aromatic carbocycles. The molecule has 3 heterocycles.